The van der Waals surface area contributed by atoms with Gasteiger partial charge in [-0.2, -0.15) is 5.10 Å². The highest BCUT2D eigenvalue weighted by atomic mass is 79.9. The van der Waals surface area contributed by atoms with Gasteiger partial charge in [0.05, 0.1) is 16.0 Å². The number of hydrogen-bond donors (Lipinski definition) is 1. The lowest BCUT2D eigenvalue weighted by Crippen LogP contribution is -2.09. The molecule has 0 aliphatic heterocycles. The van der Waals surface area contributed by atoms with Crippen molar-refractivity contribution >= 4 is 27.3 Å². The first-order valence-electron chi connectivity index (χ1n) is 4.16. The van der Waals surface area contributed by atoms with Crippen molar-refractivity contribution in [2.24, 2.45) is 12.8 Å². The van der Waals surface area contributed by atoms with E-state index in [1.54, 1.807) is 22.2 Å². The average Bonchev–Trinajstić information content (AvgIpc) is 2.73. The number of aryl methyl sites for hydroxylation is 1. The molecule has 0 spiro atoms. The molecule has 2 aromatic rings. The van der Waals surface area contributed by atoms with Crippen LogP contribution in [0.25, 0.3) is 0 Å². The van der Waals surface area contributed by atoms with Crippen LogP contribution in [0.2, 0.25) is 0 Å². The van der Waals surface area contributed by atoms with E-state index in [-0.39, 0.29) is 6.04 Å². The lowest BCUT2D eigenvalue weighted by molar-refractivity contribution is 0.765. The van der Waals surface area contributed by atoms with Crippen molar-refractivity contribution in [2.45, 2.75) is 6.04 Å². The zero-order valence-corrected chi connectivity index (χ0v) is 10.0. The van der Waals surface area contributed by atoms with Gasteiger partial charge >= 0.3 is 0 Å². The van der Waals surface area contributed by atoms with E-state index >= 15 is 0 Å². The second-order valence-electron chi connectivity index (χ2n) is 3.07. The molecule has 0 radical (unpaired) electrons. The maximum Gasteiger partial charge on any atom is 0.0702 e. The topological polar surface area (TPSA) is 43.8 Å². The van der Waals surface area contributed by atoms with Gasteiger partial charge in [0, 0.05) is 23.7 Å². The molecule has 0 aromatic carbocycles. The Balaban J connectivity index is 2.28. The normalized spacial score (nSPS) is 13.1. The van der Waals surface area contributed by atoms with Crippen LogP contribution in [0.3, 0.4) is 0 Å². The van der Waals surface area contributed by atoms with Crippen molar-refractivity contribution in [3.05, 3.63) is 38.8 Å². The molecule has 2 rings (SSSR count). The Hall–Kier alpha value is -0.650. The van der Waals surface area contributed by atoms with Crippen LogP contribution in [0, 0.1) is 0 Å². The van der Waals surface area contributed by atoms with Gasteiger partial charge in [-0.05, 0) is 28.1 Å². The van der Waals surface area contributed by atoms with Crippen molar-refractivity contribution in [3.8, 4) is 0 Å². The summed E-state index contributed by atoms with van der Waals surface area (Å²) in [4.78, 5) is 1.14. The van der Waals surface area contributed by atoms with E-state index in [4.69, 9.17) is 5.73 Å². The smallest absolute Gasteiger partial charge is 0.0702 e. The molecule has 0 amide bonds. The molecule has 14 heavy (non-hydrogen) atoms. The molecule has 2 heterocycles. The van der Waals surface area contributed by atoms with Gasteiger partial charge in [-0.15, -0.1) is 11.3 Å². The third-order valence-corrected chi connectivity index (χ3v) is 3.69. The Kier molecular flexibility index (Phi) is 2.71. The summed E-state index contributed by atoms with van der Waals surface area (Å²) in [6, 6.07) is 3.97. The molecule has 0 saturated carbocycles. The largest absolute Gasteiger partial charge is 0.320 e. The zero-order chi connectivity index (χ0) is 10.1. The van der Waals surface area contributed by atoms with Gasteiger partial charge in [-0.3, -0.25) is 4.68 Å². The lowest BCUT2D eigenvalue weighted by Gasteiger charge is -2.05. The van der Waals surface area contributed by atoms with Crippen LogP contribution in [0.15, 0.2) is 28.3 Å². The fraction of sp³-hybridized carbons (Fsp3) is 0.222. The number of nitrogens with two attached hydrogens (primary N) is 1. The summed E-state index contributed by atoms with van der Waals surface area (Å²) in [6.45, 7) is 0. The Bertz CT molecular complexity index is 394. The molecule has 0 aliphatic rings. The van der Waals surface area contributed by atoms with Gasteiger partial charge in [0.25, 0.3) is 0 Å². The SMILES string of the molecule is Cn1cc(C(N)c2ccc(Br)s2)cn1. The third kappa shape index (κ3) is 1.89. The second kappa shape index (κ2) is 3.84. The summed E-state index contributed by atoms with van der Waals surface area (Å²) in [5.74, 6) is 0. The molecule has 0 fully saturated rings. The summed E-state index contributed by atoms with van der Waals surface area (Å²) in [5, 5.41) is 4.10. The fourth-order valence-corrected chi connectivity index (χ4v) is 2.71. The Morgan fingerprint density at radius 3 is 2.86 bits per heavy atom. The summed E-state index contributed by atoms with van der Waals surface area (Å²) >= 11 is 5.07. The van der Waals surface area contributed by atoms with Gasteiger partial charge in [-0.1, -0.05) is 0 Å². The predicted octanol–water partition coefficient (Wildman–Crippen LogP) is 2.29. The van der Waals surface area contributed by atoms with E-state index in [2.05, 4.69) is 21.0 Å². The number of nitrogens with zero attached hydrogens (tertiary/aromatic N) is 2. The standard InChI is InChI=1S/C9H10BrN3S/c1-13-5-6(4-12-13)9(11)7-2-3-8(10)14-7/h2-5,9H,11H2,1H3. The first-order chi connectivity index (χ1) is 6.66. The molecule has 1 atom stereocenters. The molecule has 0 aliphatic carbocycles. The van der Waals surface area contributed by atoms with Crippen molar-refractivity contribution < 1.29 is 0 Å². The Morgan fingerprint density at radius 2 is 2.36 bits per heavy atom. The summed E-state index contributed by atoms with van der Waals surface area (Å²) in [5.41, 5.74) is 7.12. The van der Waals surface area contributed by atoms with E-state index in [0.29, 0.717) is 0 Å². The minimum atomic E-state index is -0.0694. The van der Waals surface area contributed by atoms with Crippen molar-refractivity contribution in [1.82, 2.24) is 9.78 Å². The summed E-state index contributed by atoms with van der Waals surface area (Å²) in [6.07, 6.45) is 3.75. The maximum atomic E-state index is 6.08. The van der Waals surface area contributed by atoms with Crippen molar-refractivity contribution in [3.63, 3.8) is 0 Å². The van der Waals surface area contributed by atoms with E-state index in [1.807, 2.05) is 25.4 Å². The van der Waals surface area contributed by atoms with Crippen LogP contribution in [-0.4, -0.2) is 9.78 Å². The first-order valence-corrected chi connectivity index (χ1v) is 5.77. The molecule has 1 unspecified atom stereocenters. The molecule has 2 N–H and O–H groups in total. The highest BCUT2D eigenvalue weighted by Gasteiger charge is 2.12. The number of rotatable bonds is 2. The molecule has 5 heteroatoms. The monoisotopic (exact) mass is 271 g/mol. The molecular weight excluding hydrogens is 262 g/mol. The average molecular weight is 272 g/mol. The van der Waals surface area contributed by atoms with Gasteiger partial charge < -0.3 is 5.73 Å². The quantitative estimate of drug-likeness (QED) is 0.911. The van der Waals surface area contributed by atoms with Gasteiger partial charge in [-0.25, -0.2) is 0 Å². The number of thiophene rings is 1. The molecule has 2 aromatic heterocycles. The third-order valence-electron chi connectivity index (χ3n) is 1.98. The molecular formula is C9H10BrN3S. The predicted molar refractivity (Wildman–Crippen MR) is 61.3 cm³/mol. The Morgan fingerprint density at radius 1 is 1.57 bits per heavy atom. The summed E-state index contributed by atoms with van der Waals surface area (Å²) in [7, 11) is 1.89. The highest BCUT2D eigenvalue weighted by molar-refractivity contribution is 9.11. The fourth-order valence-electron chi connectivity index (χ4n) is 1.26. The van der Waals surface area contributed by atoms with E-state index in [1.165, 1.54) is 0 Å². The minimum Gasteiger partial charge on any atom is -0.320 e. The molecule has 0 bridgehead atoms. The molecule has 3 nitrogen and oxygen atoms in total. The Labute approximate surface area is 94.7 Å². The van der Waals surface area contributed by atoms with Crippen molar-refractivity contribution in [2.75, 3.05) is 0 Å². The zero-order valence-electron chi connectivity index (χ0n) is 7.64. The van der Waals surface area contributed by atoms with Gasteiger partial charge in [0.1, 0.15) is 0 Å². The lowest BCUT2D eigenvalue weighted by atomic mass is 10.1. The maximum absolute atomic E-state index is 6.08. The van der Waals surface area contributed by atoms with E-state index in [0.717, 1.165) is 14.2 Å². The van der Waals surface area contributed by atoms with Crippen LogP contribution < -0.4 is 5.73 Å². The van der Waals surface area contributed by atoms with Crippen molar-refractivity contribution in [1.29, 1.82) is 0 Å². The van der Waals surface area contributed by atoms with E-state index in [9.17, 15) is 0 Å². The number of aromatic nitrogens is 2. The minimum absolute atomic E-state index is 0.0694. The second-order valence-corrected chi connectivity index (χ2v) is 5.56. The summed E-state index contributed by atoms with van der Waals surface area (Å²) < 4.78 is 2.87. The van der Waals surface area contributed by atoms with Crippen LogP contribution in [0.4, 0.5) is 0 Å². The van der Waals surface area contributed by atoms with Crippen LogP contribution >= 0.6 is 27.3 Å². The van der Waals surface area contributed by atoms with Gasteiger partial charge in [0.15, 0.2) is 0 Å². The van der Waals surface area contributed by atoms with Gasteiger partial charge in [0.2, 0.25) is 0 Å². The van der Waals surface area contributed by atoms with Crippen LogP contribution in [0.5, 0.6) is 0 Å². The first kappa shape index (κ1) is 9.89. The highest BCUT2D eigenvalue weighted by Crippen LogP contribution is 2.29. The molecule has 74 valence electrons. The van der Waals surface area contributed by atoms with E-state index < -0.39 is 0 Å². The molecule has 0 saturated heterocycles. The number of hydrogen-bond acceptors (Lipinski definition) is 3. The van der Waals surface area contributed by atoms with Crippen LogP contribution in [0.1, 0.15) is 16.5 Å². The number of halogens is 1. The van der Waals surface area contributed by atoms with Crippen LogP contribution in [-0.2, 0) is 7.05 Å².